The van der Waals surface area contributed by atoms with Crippen LogP contribution in [0.3, 0.4) is 0 Å². The van der Waals surface area contributed by atoms with Gasteiger partial charge >= 0.3 is 0 Å². The minimum Gasteiger partial charge on any atom is -0.496 e. The third kappa shape index (κ3) is 2.07. The van der Waals surface area contributed by atoms with E-state index in [1.807, 2.05) is 0 Å². The molecule has 0 bridgehead atoms. The van der Waals surface area contributed by atoms with Crippen LogP contribution in [0.2, 0.25) is 0 Å². The Morgan fingerprint density at radius 2 is 1.94 bits per heavy atom. The number of ether oxygens (including phenoxy) is 1. The number of para-hydroxylation sites is 1. The Kier molecular flexibility index (Phi) is 3.05. The molecule has 0 amide bonds. The molecule has 0 aliphatic carbocycles. The Balaban J connectivity index is 2.63. The highest BCUT2D eigenvalue weighted by Crippen LogP contribution is 2.28. The van der Waals surface area contributed by atoms with Crippen LogP contribution in [0.15, 0.2) is 29.4 Å². The van der Waals surface area contributed by atoms with E-state index >= 15 is 0 Å². The summed E-state index contributed by atoms with van der Waals surface area (Å²) >= 11 is 0. The van der Waals surface area contributed by atoms with E-state index < -0.39 is 10.0 Å². The van der Waals surface area contributed by atoms with Gasteiger partial charge < -0.3 is 4.74 Å². The lowest BCUT2D eigenvalue weighted by Crippen LogP contribution is -2.17. The molecular weight excluding hydrogens is 256 g/mol. The molecule has 18 heavy (non-hydrogen) atoms. The lowest BCUT2D eigenvalue weighted by molar-refractivity contribution is 0.416. The number of hydrogen-bond donors (Lipinski definition) is 1. The van der Waals surface area contributed by atoms with Crippen molar-refractivity contribution in [3.8, 4) is 17.1 Å². The van der Waals surface area contributed by atoms with Gasteiger partial charge in [-0.05, 0) is 12.1 Å². The second-order valence-electron chi connectivity index (χ2n) is 3.61. The van der Waals surface area contributed by atoms with E-state index in [4.69, 9.17) is 9.88 Å². The second-order valence-corrected chi connectivity index (χ2v) is 5.07. The number of rotatable bonds is 3. The molecule has 0 saturated carbocycles. The van der Waals surface area contributed by atoms with Crippen LogP contribution in [0, 0.1) is 0 Å². The third-order valence-corrected chi connectivity index (χ3v) is 3.30. The summed E-state index contributed by atoms with van der Waals surface area (Å²) in [4.78, 5) is 0. The highest BCUT2D eigenvalue weighted by Gasteiger charge is 2.20. The second kappa shape index (κ2) is 4.39. The monoisotopic (exact) mass is 268 g/mol. The van der Waals surface area contributed by atoms with Crippen LogP contribution < -0.4 is 9.88 Å². The molecule has 2 aromatic rings. The van der Waals surface area contributed by atoms with Gasteiger partial charge in [-0.25, -0.2) is 13.6 Å². The lowest BCUT2D eigenvalue weighted by atomic mass is 10.2. The summed E-state index contributed by atoms with van der Waals surface area (Å²) in [5.74, 6) is 0.949. The molecule has 2 N–H and O–H groups in total. The van der Waals surface area contributed by atoms with Crippen LogP contribution >= 0.6 is 0 Å². The Morgan fingerprint density at radius 3 is 2.50 bits per heavy atom. The predicted octanol–water partition coefficient (Wildman–Crippen LogP) is 0.138. The summed E-state index contributed by atoms with van der Waals surface area (Å²) in [5.41, 5.74) is 0.643. The molecule has 0 unspecified atom stereocenters. The van der Waals surface area contributed by atoms with Gasteiger partial charge in [0, 0.05) is 7.05 Å². The topological polar surface area (TPSA) is 100 Å². The van der Waals surface area contributed by atoms with Crippen LogP contribution in [0.25, 0.3) is 11.4 Å². The lowest BCUT2D eigenvalue weighted by Gasteiger charge is -2.07. The van der Waals surface area contributed by atoms with Crippen LogP contribution in [0.1, 0.15) is 0 Å². The van der Waals surface area contributed by atoms with E-state index in [-0.39, 0.29) is 5.16 Å². The molecule has 1 heterocycles. The van der Waals surface area contributed by atoms with Crippen molar-refractivity contribution in [3.05, 3.63) is 24.3 Å². The number of aromatic nitrogens is 3. The molecule has 0 aliphatic rings. The maximum atomic E-state index is 11.3. The number of nitrogens with zero attached hydrogens (tertiary/aromatic N) is 3. The van der Waals surface area contributed by atoms with Crippen molar-refractivity contribution in [2.45, 2.75) is 5.16 Å². The summed E-state index contributed by atoms with van der Waals surface area (Å²) in [5, 5.41) is 12.2. The first-order chi connectivity index (χ1) is 8.45. The maximum Gasteiger partial charge on any atom is 0.273 e. The number of benzene rings is 1. The normalized spacial score (nSPS) is 11.5. The molecule has 7 nitrogen and oxygen atoms in total. The average Bonchev–Trinajstić information content (AvgIpc) is 2.70. The Hall–Kier alpha value is -1.93. The molecule has 0 atom stereocenters. The SMILES string of the molecule is COc1ccccc1-c1nnc(S(N)(=O)=O)n1C. The van der Waals surface area contributed by atoms with E-state index in [9.17, 15) is 8.42 Å². The highest BCUT2D eigenvalue weighted by atomic mass is 32.2. The molecule has 0 saturated heterocycles. The van der Waals surface area contributed by atoms with Crippen LogP contribution in [0.5, 0.6) is 5.75 Å². The van der Waals surface area contributed by atoms with Crippen molar-refractivity contribution in [1.29, 1.82) is 0 Å². The Labute approximate surface area is 104 Å². The first kappa shape index (κ1) is 12.5. The number of primary sulfonamides is 1. The predicted molar refractivity (Wildman–Crippen MR) is 64.4 cm³/mol. The standard InChI is InChI=1S/C10H12N4O3S/c1-14-9(12-13-10(14)18(11,15)16)7-5-3-4-6-8(7)17-2/h3-6H,1-2H3,(H2,11,15,16). The van der Waals surface area contributed by atoms with Crippen LogP contribution in [-0.4, -0.2) is 30.3 Å². The van der Waals surface area contributed by atoms with E-state index in [2.05, 4.69) is 10.2 Å². The first-order valence-corrected chi connectivity index (χ1v) is 6.55. The molecule has 0 radical (unpaired) electrons. The van der Waals surface area contributed by atoms with Gasteiger partial charge in [-0.1, -0.05) is 12.1 Å². The van der Waals surface area contributed by atoms with E-state index in [1.165, 1.54) is 18.7 Å². The van der Waals surface area contributed by atoms with Crippen molar-refractivity contribution >= 4 is 10.0 Å². The fourth-order valence-electron chi connectivity index (χ4n) is 1.63. The average molecular weight is 268 g/mol. The van der Waals surface area contributed by atoms with Gasteiger partial charge in [0.05, 0.1) is 12.7 Å². The van der Waals surface area contributed by atoms with E-state index in [0.29, 0.717) is 17.1 Å². The molecule has 1 aromatic carbocycles. The summed E-state index contributed by atoms with van der Waals surface area (Å²) < 4.78 is 29.1. The van der Waals surface area contributed by atoms with Crippen LogP contribution in [0.4, 0.5) is 0 Å². The first-order valence-electron chi connectivity index (χ1n) is 5.00. The summed E-state index contributed by atoms with van der Waals surface area (Å²) in [6.45, 7) is 0. The number of sulfonamides is 1. The maximum absolute atomic E-state index is 11.3. The molecule has 8 heteroatoms. The summed E-state index contributed by atoms with van der Waals surface area (Å²) in [6, 6.07) is 7.11. The van der Waals surface area contributed by atoms with Gasteiger partial charge in [-0.15, -0.1) is 10.2 Å². The van der Waals surface area contributed by atoms with Gasteiger partial charge in [0.2, 0.25) is 0 Å². The molecule has 1 aromatic heterocycles. The molecule has 2 rings (SSSR count). The van der Waals surface area contributed by atoms with Gasteiger partial charge in [-0.3, -0.25) is 4.57 Å². The van der Waals surface area contributed by atoms with Gasteiger partial charge in [-0.2, -0.15) is 0 Å². The van der Waals surface area contributed by atoms with E-state index in [0.717, 1.165) is 0 Å². The Morgan fingerprint density at radius 1 is 1.28 bits per heavy atom. The molecule has 0 fully saturated rings. The van der Waals surface area contributed by atoms with Gasteiger partial charge in [0.1, 0.15) is 5.75 Å². The molecule has 0 aliphatic heterocycles. The zero-order valence-corrected chi connectivity index (χ0v) is 10.7. The van der Waals surface area contributed by atoms with Crippen LogP contribution in [-0.2, 0) is 17.1 Å². The third-order valence-electron chi connectivity index (χ3n) is 2.44. The largest absolute Gasteiger partial charge is 0.496 e. The fraction of sp³-hybridized carbons (Fsp3) is 0.200. The number of hydrogen-bond acceptors (Lipinski definition) is 5. The van der Waals surface area contributed by atoms with Gasteiger partial charge in [0.15, 0.2) is 5.82 Å². The highest BCUT2D eigenvalue weighted by molar-refractivity contribution is 7.89. The zero-order valence-electron chi connectivity index (χ0n) is 9.86. The number of nitrogens with two attached hydrogens (primary N) is 1. The van der Waals surface area contributed by atoms with E-state index in [1.54, 1.807) is 24.3 Å². The minimum atomic E-state index is -3.89. The van der Waals surface area contributed by atoms with Crippen molar-refractivity contribution in [2.75, 3.05) is 7.11 Å². The molecule has 96 valence electrons. The summed E-state index contributed by atoms with van der Waals surface area (Å²) in [7, 11) is -0.839. The smallest absolute Gasteiger partial charge is 0.273 e. The van der Waals surface area contributed by atoms with Crippen molar-refractivity contribution in [2.24, 2.45) is 12.2 Å². The zero-order chi connectivity index (χ0) is 13.3. The quantitative estimate of drug-likeness (QED) is 0.853. The fourth-order valence-corrected chi connectivity index (χ4v) is 2.25. The Bertz CT molecular complexity index is 678. The van der Waals surface area contributed by atoms with Crippen molar-refractivity contribution in [1.82, 2.24) is 14.8 Å². The minimum absolute atomic E-state index is 0.289. The van der Waals surface area contributed by atoms with Crippen molar-refractivity contribution in [3.63, 3.8) is 0 Å². The molecular formula is C10H12N4O3S. The summed E-state index contributed by atoms with van der Waals surface area (Å²) in [6.07, 6.45) is 0. The van der Waals surface area contributed by atoms with Crippen molar-refractivity contribution < 1.29 is 13.2 Å². The molecule has 0 spiro atoms. The van der Waals surface area contributed by atoms with Gasteiger partial charge in [0.25, 0.3) is 15.2 Å². The number of methoxy groups -OCH3 is 1.